The van der Waals surface area contributed by atoms with E-state index in [0.717, 1.165) is 25.7 Å². The van der Waals surface area contributed by atoms with E-state index in [1.165, 1.54) is 11.3 Å². The van der Waals surface area contributed by atoms with Crippen molar-refractivity contribution < 1.29 is 14.0 Å². The molecule has 2 unspecified atom stereocenters. The van der Waals surface area contributed by atoms with E-state index in [0.29, 0.717) is 16.5 Å². The first kappa shape index (κ1) is 17.5. The van der Waals surface area contributed by atoms with Crippen molar-refractivity contribution in [3.05, 3.63) is 22.6 Å². The molecule has 3 N–H and O–H groups in total. The quantitative estimate of drug-likeness (QED) is 0.814. The van der Waals surface area contributed by atoms with Crippen molar-refractivity contribution in [2.45, 2.75) is 44.2 Å². The molecular weight excluding hydrogens is 374 g/mol. The van der Waals surface area contributed by atoms with Gasteiger partial charge in [0.1, 0.15) is 0 Å². The summed E-state index contributed by atoms with van der Waals surface area (Å²) in [7, 11) is 1.61. The summed E-state index contributed by atoms with van der Waals surface area (Å²) in [6.45, 7) is 0.0269. The molecule has 1 heterocycles. The average molecular weight is 398 g/mol. The lowest BCUT2D eigenvalue weighted by molar-refractivity contribution is -0.123. The van der Waals surface area contributed by atoms with Gasteiger partial charge >= 0.3 is 0 Å². The molecule has 2 atom stereocenters. The Hall–Kier alpha value is -1.34. The summed E-state index contributed by atoms with van der Waals surface area (Å²) < 4.78 is 5.75. The first-order chi connectivity index (χ1) is 11.4. The van der Waals surface area contributed by atoms with Crippen LogP contribution in [-0.4, -0.2) is 42.4 Å². The van der Waals surface area contributed by atoms with Crippen LogP contribution in [0.1, 0.15) is 42.7 Å². The summed E-state index contributed by atoms with van der Waals surface area (Å²) >= 11 is 3.17. The summed E-state index contributed by atoms with van der Waals surface area (Å²) in [5.74, 6) is 0.741. The van der Waals surface area contributed by atoms with Gasteiger partial charge in [-0.05, 0) is 65.6 Å². The lowest BCUT2D eigenvalue weighted by atomic mass is 9.67. The molecule has 2 aliphatic carbocycles. The monoisotopic (exact) mass is 397 g/mol. The number of amides is 2. The number of rotatable bonds is 4. The van der Waals surface area contributed by atoms with Crippen LogP contribution in [0.25, 0.3) is 0 Å². The van der Waals surface area contributed by atoms with Crippen molar-refractivity contribution in [3.63, 3.8) is 0 Å². The minimum absolute atomic E-state index is 0.0269. The van der Waals surface area contributed by atoms with Crippen molar-refractivity contribution in [1.29, 1.82) is 0 Å². The molecule has 0 aliphatic heterocycles. The van der Waals surface area contributed by atoms with E-state index in [4.69, 9.17) is 10.2 Å². The Kier molecular flexibility index (Phi) is 5.30. The van der Waals surface area contributed by atoms with Crippen molar-refractivity contribution in [2.24, 2.45) is 17.6 Å². The largest absolute Gasteiger partial charge is 0.444 e. The maximum atomic E-state index is 12.4. The molecule has 0 spiro atoms. The van der Waals surface area contributed by atoms with E-state index in [1.54, 1.807) is 19.2 Å². The number of carbonyl (C=O) groups is 2. The Morgan fingerprint density at radius 2 is 2.00 bits per heavy atom. The highest BCUT2D eigenvalue weighted by Crippen LogP contribution is 2.39. The van der Waals surface area contributed by atoms with Crippen LogP contribution in [0.2, 0.25) is 0 Å². The van der Waals surface area contributed by atoms with E-state index >= 15 is 0 Å². The van der Waals surface area contributed by atoms with Crippen molar-refractivity contribution in [1.82, 2.24) is 10.2 Å². The van der Waals surface area contributed by atoms with Crippen molar-refractivity contribution in [2.75, 3.05) is 13.6 Å². The Balaban J connectivity index is 1.56. The van der Waals surface area contributed by atoms with Gasteiger partial charge in [-0.3, -0.25) is 9.59 Å². The van der Waals surface area contributed by atoms with Gasteiger partial charge in [-0.1, -0.05) is 6.42 Å². The minimum atomic E-state index is -0.304. The smallest absolute Gasteiger partial charge is 0.289 e. The number of furan rings is 1. The summed E-state index contributed by atoms with van der Waals surface area (Å²) in [6, 6.07) is 3.71. The van der Waals surface area contributed by atoms with Crippen LogP contribution in [-0.2, 0) is 4.79 Å². The first-order valence-electron chi connectivity index (χ1n) is 8.49. The zero-order valence-corrected chi connectivity index (χ0v) is 15.4. The van der Waals surface area contributed by atoms with Gasteiger partial charge in [0, 0.05) is 19.1 Å². The van der Waals surface area contributed by atoms with Crippen LogP contribution in [0.5, 0.6) is 0 Å². The molecule has 2 saturated carbocycles. The first-order valence-corrected chi connectivity index (χ1v) is 9.29. The molecule has 0 saturated heterocycles. The molecule has 0 radical (unpaired) electrons. The van der Waals surface area contributed by atoms with Crippen LogP contribution >= 0.6 is 15.9 Å². The SMILES string of the molecule is CN(CC(=O)NC1C2CCCC1CC(N)C2)C(=O)c1ccc(Br)o1. The lowest BCUT2D eigenvalue weighted by Crippen LogP contribution is -2.55. The van der Waals surface area contributed by atoms with E-state index in [9.17, 15) is 9.59 Å². The predicted octanol–water partition coefficient (Wildman–Crippen LogP) is 2.14. The van der Waals surface area contributed by atoms with Crippen LogP contribution in [0.3, 0.4) is 0 Å². The highest BCUT2D eigenvalue weighted by Gasteiger charge is 2.40. The van der Waals surface area contributed by atoms with E-state index in [-0.39, 0.29) is 36.2 Å². The third-order valence-electron chi connectivity index (χ3n) is 5.22. The van der Waals surface area contributed by atoms with Crippen molar-refractivity contribution in [3.8, 4) is 0 Å². The molecule has 7 heteroatoms. The van der Waals surface area contributed by atoms with Gasteiger partial charge in [-0.25, -0.2) is 0 Å². The number of carbonyl (C=O) groups excluding carboxylic acids is 2. The number of nitrogens with two attached hydrogens (primary N) is 1. The molecule has 2 amide bonds. The zero-order chi connectivity index (χ0) is 17.3. The normalized spacial score (nSPS) is 29.1. The molecule has 1 aromatic heterocycles. The molecular formula is C17H24BrN3O3. The van der Waals surface area contributed by atoms with Crippen molar-refractivity contribution >= 4 is 27.7 Å². The lowest BCUT2D eigenvalue weighted by Gasteiger charge is -2.45. The number of nitrogens with zero attached hydrogens (tertiary/aromatic N) is 1. The van der Waals surface area contributed by atoms with Gasteiger partial charge in [0.15, 0.2) is 10.4 Å². The summed E-state index contributed by atoms with van der Waals surface area (Å²) in [6.07, 6.45) is 5.45. The molecule has 2 bridgehead atoms. The highest BCUT2D eigenvalue weighted by atomic mass is 79.9. The number of halogens is 1. The second-order valence-electron chi connectivity index (χ2n) is 7.04. The topological polar surface area (TPSA) is 88.6 Å². The third kappa shape index (κ3) is 3.83. The van der Waals surface area contributed by atoms with E-state index in [1.807, 2.05) is 0 Å². The fourth-order valence-corrected chi connectivity index (χ4v) is 4.47. The molecule has 24 heavy (non-hydrogen) atoms. The van der Waals surface area contributed by atoms with Gasteiger partial charge in [-0.15, -0.1) is 0 Å². The number of fused-ring (bicyclic) bond motifs is 2. The zero-order valence-electron chi connectivity index (χ0n) is 13.8. The van der Waals surface area contributed by atoms with Gasteiger partial charge in [0.25, 0.3) is 5.91 Å². The molecule has 6 nitrogen and oxygen atoms in total. The summed E-state index contributed by atoms with van der Waals surface area (Å²) in [4.78, 5) is 26.0. The predicted molar refractivity (Wildman–Crippen MR) is 93.3 cm³/mol. The number of likely N-dealkylation sites (N-methyl/N-ethyl adjacent to an activating group) is 1. The average Bonchev–Trinajstić information content (AvgIpc) is 2.93. The fraction of sp³-hybridized carbons (Fsp3) is 0.647. The molecule has 3 rings (SSSR count). The second kappa shape index (κ2) is 7.27. The minimum Gasteiger partial charge on any atom is -0.444 e. The number of hydrogen-bond acceptors (Lipinski definition) is 4. The maximum absolute atomic E-state index is 12.4. The summed E-state index contributed by atoms with van der Waals surface area (Å²) in [5, 5.41) is 3.16. The van der Waals surface area contributed by atoms with E-state index in [2.05, 4.69) is 21.2 Å². The fourth-order valence-electron chi connectivity index (χ4n) is 4.16. The Morgan fingerprint density at radius 3 is 2.58 bits per heavy atom. The second-order valence-corrected chi connectivity index (χ2v) is 7.82. The van der Waals surface area contributed by atoms with Gasteiger partial charge in [0.05, 0.1) is 6.54 Å². The Bertz CT molecular complexity index is 604. The van der Waals surface area contributed by atoms with Crippen LogP contribution in [0, 0.1) is 11.8 Å². The summed E-state index contributed by atoms with van der Waals surface area (Å²) in [5.41, 5.74) is 6.13. The highest BCUT2D eigenvalue weighted by molar-refractivity contribution is 9.10. The number of nitrogens with one attached hydrogen (secondary N) is 1. The third-order valence-corrected chi connectivity index (χ3v) is 5.64. The van der Waals surface area contributed by atoms with Crippen LogP contribution in [0.15, 0.2) is 21.2 Å². The molecule has 132 valence electrons. The van der Waals surface area contributed by atoms with Crippen LogP contribution in [0.4, 0.5) is 0 Å². The van der Waals surface area contributed by atoms with Crippen LogP contribution < -0.4 is 11.1 Å². The number of hydrogen-bond donors (Lipinski definition) is 2. The van der Waals surface area contributed by atoms with Gasteiger partial charge < -0.3 is 20.4 Å². The molecule has 1 aromatic rings. The van der Waals surface area contributed by atoms with Gasteiger partial charge in [0.2, 0.25) is 5.91 Å². The Morgan fingerprint density at radius 1 is 1.33 bits per heavy atom. The Labute approximate surface area is 150 Å². The standard InChI is InChI=1S/C17H24BrN3O3/c1-21(17(23)13-5-6-14(18)24-13)9-15(22)20-16-10-3-2-4-11(16)8-12(19)7-10/h5-6,10-12,16H,2-4,7-9,19H2,1H3,(H,20,22). The molecule has 2 aliphatic rings. The van der Waals surface area contributed by atoms with E-state index < -0.39 is 0 Å². The molecule has 2 fully saturated rings. The van der Waals surface area contributed by atoms with Gasteiger partial charge in [-0.2, -0.15) is 0 Å². The maximum Gasteiger partial charge on any atom is 0.289 e. The molecule has 0 aromatic carbocycles.